The lowest BCUT2D eigenvalue weighted by Gasteiger charge is -2.22. The summed E-state index contributed by atoms with van der Waals surface area (Å²) in [6.07, 6.45) is 2.81. The van der Waals surface area contributed by atoms with Crippen LogP contribution in [0.15, 0.2) is 0 Å². The molecule has 2 rings (SSSR count). The molecule has 0 saturated heterocycles. The lowest BCUT2D eigenvalue weighted by atomic mass is 10.0. The predicted octanol–water partition coefficient (Wildman–Crippen LogP) is 0.556. The number of hydrogen-bond acceptors (Lipinski definition) is 4. The van der Waals surface area contributed by atoms with Crippen LogP contribution in [0.5, 0.6) is 0 Å². The molecule has 0 aliphatic carbocycles. The van der Waals surface area contributed by atoms with Crippen molar-refractivity contribution in [3.05, 3.63) is 11.6 Å². The van der Waals surface area contributed by atoms with Crippen LogP contribution in [0.4, 0.5) is 0 Å². The number of fused-ring (bicyclic) bond motifs is 1. The summed E-state index contributed by atoms with van der Waals surface area (Å²) in [6.45, 7) is 5.58. The standard InChI is InChI=1S/C13H23N5O/c1-9(2)7-10(14)13(19)17(3)8-12-16-15-11-5-4-6-18(11)12/h9-10H,4-8,14H2,1-3H3/t10-/m0/s1. The summed E-state index contributed by atoms with van der Waals surface area (Å²) < 4.78 is 2.11. The van der Waals surface area contributed by atoms with Gasteiger partial charge >= 0.3 is 0 Å². The normalized spacial score (nSPS) is 15.6. The Balaban J connectivity index is 1.96. The number of likely N-dealkylation sites (N-methyl/N-ethyl adjacent to an activating group) is 1. The molecule has 2 N–H and O–H groups in total. The zero-order valence-corrected chi connectivity index (χ0v) is 12.0. The van der Waals surface area contributed by atoms with E-state index in [4.69, 9.17) is 5.73 Å². The second kappa shape index (κ2) is 5.69. The van der Waals surface area contributed by atoms with Gasteiger partial charge in [0.05, 0.1) is 12.6 Å². The summed E-state index contributed by atoms with van der Waals surface area (Å²) in [5, 5.41) is 8.30. The summed E-state index contributed by atoms with van der Waals surface area (Å²) in [5.41, 5.74) is 5.93. The molecule has 6 heteroatoms. The second-order valence-electron chi connectivity index (χ2n) is 5.72. The highest BCUT2D eigenvalue weighted by atomic mass is 16.2. The van der Waals surface area contributed by atoms with Gasteiger partial charge in [0.2, 0.25) is 5.91 Å². The number of hydrogen-bond donors (Lipinski definition) is 1. The van der Waals surface area contributed by atoms with Gasteiger partial charge in [-0.05, 0) is 18.8 Å². The fourth-order valence-corrected chi connectivity index (χ4v) is 2.51. The van der Waals surface area contributed by atoms with E-state index in [1.807, 2.05) is 0 Å². The van der Waals surface area contributed by atoms with Crippen molar-refractivity contribution in [2.75, 3.05) is 7.05 Å². The van der Waals surface area contributed by atoms with Crippen LogP contribution in [0, 0.1) is 5.92 Å². The van der Waals surface area contributed by atoms with Crippen LogP contribution in [0.25, 0.3) is 0 Å². The maximum Gasteiger partial charge on any atom is 0.239 e. The van der Waals surface area contributed by atoms with E-state index in [-0.39, 0.29) is 5.91 Å². The first-order valence-electron chi connectivity index (χ1n) is 6.90. The van der Waals surface area contributed by atoms with E-state index in [2.05, 4.69) is 28.6 Å². The van der Waals surface area contributed by atoms with Crippen molar-refractivity contribution in [1.82, 2.24) is 19.7 Å². The maximum atomic E-state index is 12.1. The highest BCUT2D eigenvalue weighted by Crippen LogP contribution is 2.15. The van der Waals surface area contributed by atoms with Crippen LogP contribution in [0.2, 0.25) is 0 Å². The van der Waals surface area contributed by atoms with Gasteiger partial charge in [0, 0.05) is 20.0 Å². The minimum atomic E-state index is -0.425. The van der Waals surface area contributed by atoms with E-state index in [0.717, 1.165) is 31.0 Å². The molecule has 1 aromatic heterocycles. The molecule has 0 aromatic carbocycles. The van der Waals surface area contributed by atoms with Crippen LogP contribution in [-0.2, 0) is 24.3 Å². The van der Waals surface area contributed by atoms with Gasteiger partial charge in [-0.25, -0.2) is 0 Å². The molecule has 2 heterocycles. The zero-order chi connectivity index (χ0) is 14.0. The number of carbonyl (C=O) groups excluding carboxylic acids is 1. The number of nitrogens with two attached hydrogens (primary N) is 1. The van der Waals surface area contributed by atoms with Crippen LogP contribution < -0.4 is 5.73 Å². The number of aromatic nitrogens is 3. The van der Waals surface area contributed by atoms with Crippen molar-refractivity contribution in [3.63, 3.8) is 0 Å². The Labute approximate surface area is 114 Å². The third-order valence-corrected chi connectivity index (χ3v) is 3.48. The van der Waals surface area contributed by atoms with E-state index in [9.17, 15) is 4.79 Å². The fraction of sp³-hybridized carbons (Fsp3) is 0.769. The Kier molecular flexibility index (Phi) is 4.19. The molecular weight excluding hydrogens is 242 g/mol. The van der Waals surface area contributed by atoms with Crippen molar-refractivity contribution in [2.24, 2.45) is 11.7 Å². The Bertz CT molecular complexity index is 454. The minimum absolute atomic E-state index is 0.0240. The van der Waals surface area contributed by atoms with E-state index in [1.54, 1.807) is 11.9 Å². The lowest BCUT2D eigenvalue weighted by Crippen LogP contribution is -2.42. The van der Waals surface area contributed by atoms with Gasteiger partial charge < -0.3 is 15.2 Å². The number of rotatable bonds is 5. The van der Waals surface area contributed by atoms with Crippen molar-refractivity contribution >= 4 is 5.91 Å². The SMILES string of the molecule is CC(C)C[C@H](N)C(=O)N(C)Cc1nnc2n1CCC2. The van der Waals surface area contributed by atoms with Crippen molar-refractivity contribution < 1.29 is 4.79 Å². The molecule has 106 valence electrons. The molecule has 0 unspecified atom stereocenters. The molecule has 0 spiro atoms. The quantitative estimate of drug-likeness (QED) is 0.843. The smallest absolute Gasteiger partial charge is 0.239 e. The van der Waals surface area contributed by atoms with E-state index < -0.39 is 6.04 Å². The molecule has 1 atom stereocenters. The summed E-state index contributed by atoms with van der Waals surface area (Å²) in [5.74, 6) is 2.29. The molecule has 0 saturated carbocycles. The van der Waals surface area contributed by atoms with Gasteiger partial charge in [-0.3, -0.25) is 4.79 Å². The monoisotopic (exact) mass is 265 g/mol. The second-order valence-corrected chi connectivity index (χ2v) is 5.72. The highest BCUT2D eigenvalue weighted by molar-refractivity contribution is 5.81. The number of amides is 1. The topological polar surface area (TPSA) is 77.0 Å². The predicted molar refractivity (Wildman–Crippen MR) is 72.2 cm³/mol. The van der Waals surface area contributed by atoms with Gasteiger partial charge in [0.1, 0.15) is 5.82 Å². The van der Waals surface area contributed by atoms with Gasteiger partial charge in [-0.2, -0.15) is 0 Å². The van der Waals surface area contributed by atoms with Gasteiger partial charge in [0.25, 0.3) is 0 Å². The number of carbonyl (C=O) groups is 1. The molecule has 1 aliphatic rings. The molecule has 1 aliphatic heterocycles. The molecule has 1 aromatic rings. The van der Waals surface area contributed by atoms with Crippen LogP contribution >= 0.6 is 0 Å². The average molecular weight is 265 g/mol. The lowest BCUT2D eigenvalue weighted by molar-refractivity contribution is -0.132. The summed E-state index contributed by atoms with van der Waals surface area (Å²) in [6, 6.07) is -0.425. The van der Waals surface area contributed by atoms with Crippen LogP contribution in [0.3, 0.4) is 0 Å². The fourth-order valence-electron chi connectivity index (χ4n) is 2.51. The largest absolute Gasteiger partial charge is 0.337 e. The molecular formula is C13H23N5O. The first kappa shape index (κ1) is 14.0. The number of aryl methyl sites for hydroxylation is 1. The van der Waals surface area contributed by atoms with E-state index in [1.165, 1.54) is 0 Å². The minimum Gasteiger partial charge on any atom is -0.337 e. The molecule has 0 fully saturated rings. The van der Waals surface area contributed by atoms with Crippen LogP contribution in [0.1, 0.15) is 38.3 Å². The third-order valence-electron chi connectivity index (χ3n) is 3.48. The van der Waals surface area contributed by atoms with Crippen molar-refractivity contribution in [2.45, 2.75) is 52.2 Å². The Morgan fingerprint density at radius 1 is 1.47 bits per heavy atom. The Morgan fingerprint density at radius 2 is 2.21 bits per heavy atom. The van der Waals surface area contributed by atoms with Crippen molar-refractivity contribution in [3.8, 4) is 0 Å². The average Bonchev–Trinajstić information content (AvgIpc) is 2.92. The Morgan fingerprint density at radius 3 is 2.89 bits per heavy atom. The summed E-state index contributed by atoms with van der Waals surface area (Å²) in [4.78, 5) is 13.8. The van der Waals surface area contributed by atoms with Gasteiger partial charge in [0.15, 0.2) is 5.82 Å². The van der Waals surface area contributed by atoms with E-state index >= 15 is 0 Å². The van der Waals surface area contributed by atoms with Crippen molar-refractivity contribution in [1.29, 1.82) is 0 Å². The summed E-state index contributed by atoms with van der Waals surface area (Å²) in [7, 11) is 1.78. The maximum absolute atomic E-state index is 12.1. The summed E-state index contributed by atoms with van der Waals surface area (Å²) >= 11 is 0. The first-order valence-corrected chi connectivity index (χ1v) is 6.90. The van der Waals surface area contributed by atoms with Gasteiger partial charge in [-0.1, -0.05) is 13.8 Å². The third kappa shape index (κ3) is 3.12. The first-order chi connectivity index (χ1) is 8.99. The number of nitrogens with zero attached hydrogens (tertiary/aromatic N) is 4. The molecule has 1 amide bonds. The Hall–Kier alpha value is -1.43. The van der Waals surface area contributed by atoms with Gasteiger partial charge in [-0.15, -0.1) is 10.2 Å². The molecule has 0 radical (unpaired) electrons. The molecule has 19 heavy (non-hydrogen) atoms. The molecule has 0 bridgehead atoms. The van der Waals surface area contributed by atoms with Crippen LogP contribution in [-0.4, -0.2) is 38.7 Å². The zero-order valence-electron chi connectivity index (χ0n) is 12.0. The van der Waals surface area contributed by atoms with E-state index in [0.29, 0.717) is 18.9 Å². The molecule has 6 nitrogen and oxygen atoms in total. The highest BCUT2D eigenvalue weighted by Gasteiger charge is 2.23.